The standard InChI is InChI=1S/C25H31N3O2/c1-3-27(4-2)23(29)17-19-18-25(21-10-6-5-9-20(19)21)12-15-28(16-13-25)24(30)22-11-7-8-14-26-22/h5-11,14,19H,3-4,12-13,15-18H2,1-2H3/t19-/m0/s1. The molecule has 2 amide bonds. The molecule has 0 radical (unpaired) electrons. The van der Waals surface area contributed by atoms with E-state index in [0.717, 1.165) is 45.4 Å². The molecule has 1 saturated heterocycles. The molecule has 1 fully saturated rings. The minimum absolute atomic E-state index is 0.0185. The van der Waals surface area contributed by atoms with Crippen LogP contribution < -0.4 is 0 Å². The summed E-state index contributed by atoms with van der Waals surface area (Å²) < 4.78 is 0. The van der Waals surface area contributed by atoms with E-state index in [1.807, 2.05) is 35.8 Å². The number of carbonyl (C=O) groups excluding carboxylic acids is 2. The van der Waals surface area contributed by atoms with Gasteiger partial charge in [0.05, 0.1) is 0 Å². The van der Waals surface area contributed by atoms with Gasteiger partial charge in [-0.25, -0.2) is 0 Å². The fraction of sp³-hybridized carbons (Fsp3) is 0.480. The molecule has 1 spiro atoms. The molecule has 2 heterocycles. The number of pyridine rings is 1. The minimum atomic E-state index is 0.0185. The molecule has 5 nitrogen and oxygen atoms in total. The molecule has 0 saturated carbocycles. The number of carbonyl (C=O) groups is 2. The predicted molar refractivity (Wildman–Crippen MR) is 117 cm³/mol. The van der Waals surface area contributed by atoms with Gasteiger partial charge in [0.2, 0.25) is 5.91 Å². The van der Waals surface area contributed by atoms with Crippen molar-refractivity contribution in [2.45, 2.75) is 50.9 Å². The molecule has 158 valence electrons. The van der Waals surface area contributed by atoms with Gasteiger partial charge in [-0.15, -0.1) is 0 Å². The molecule has 1 aliphatic carbocycles. The summed E-state index contributed by atoms with van der Waals surface area (Å²) >= 11 is 0. The lowest BCUT2D eigenvalue weighted by atomic mass is 9.73. The second-order valence-electron chi connectivity index (χ2n) is 8.55. The van der Waals surface area contributed by atoms with E-state index in [9.17, 15) is 9.59 Å². The first-order valence-corrected chi connectivity index (χ1v) is 11.2. The highest BCUT2D eigenvalue weighted by Gasteiger charge is 2.46. The van der Waals surface area contributed by atoms with Crippen LogP contribution in [0, 0.1) is 0 Å². The largest absolute Gasteiger partial charge is 0.343 e. The molecule has 2 aromatic rings. The lowest BCUT2D eigenvalue weighted by Crippen LogP contribution is -2.44. The van der Waals surface area contributed by atoms with E-state index in [1.165, 1.54) is 11.1 Å². The summed E-state index contributed by atoms with van der Waals surface area (Å²) in [5.41, 5.74) is 3.32. The smallest absolute Gasteiger partial charge is 0.272 e. The van der Waals surface area contributed by atoms with Crippen molar-refractivity contribution in [2.24, 2.45) is 0 Å². The summed E-state index contributed by atoms with van der Waals surface area (Å²) in [4.78, 5) is 33.7. The van der Waals surface area contributed by atoms with E-state index < -0.39 is 0 Å². The second kappa shape index (κ2) is 8.58. The lowest BCUT2D eigenvalue weighted by Gasteiger charge is -2.40. The van der Waals surface area contributed by atoms with Gasteiger partial charge in [-0.3, -0.25) is 14.6 Å². The molecule has 4 rings (SSSR count). The van der Waals surface area contributed by atoms with Gasteiger partial charge in [-0.05, 0) is 67.7 Å². The third-order valence-corrected chi connectivity index (χ3v) is 7.04. The van der Waals surface area contributed by atoms with Crippen molar-refractivity contribution in [1.29, 1.82) is 0 Å². The zero-order valence-corrected chi connectivity index (χ0v) is 18.0. The Hall–Kier alpha value is -2.69. The van der Waals surface area contributed by atoms with Crippen LogP contribution >= 0.6 is 0 Å². The van der Waals surface area contributed by atoms with Crippen molar-refractivity contribution >= 4 is 11.8 Å². The average Bonchev–Trinajstić information content (AvgIpc) is 3.08. The quantitative estimate of drug-likeness (QED) is 0.755. The Kier molecular flexibility index (Phi) is 5.89. The zero-order valence-electron chi connectivity index (χ0n) is 18.0. The van der Waals surface area contributed by atoms with Crippen LogP contribution in [0.1, 0.15) is 67.1 Å². The minimum Gasteiger partial charge on any atom is -0.343 e. The lowest BCUT2D eigenvalue weighted by molar-refractivity contribution is -0.131. The van der Waals surface area contributed by atoms with E-state index in [1.54, 1.807) is 12.3 Å². The van der Waals surface area contributed by atoms with Crippen LogP contribution in [0.5, 0.6) is 0 Å². The van der Waals surface area contributed by atoms with Crippen molar-refractivity contribution in [2.75, 3.05) is 26.2 Å². The van der Waals surface area contributed by atoms with Crippen molar-refractivity contribution in [3.8, 4) is 0 Å². The highest BCUT2D eigenvalue weighted by atomic mass is 16.2. The molecule has 1 aliphatic heterocycles. The maximum atomic E-state index is 12.8. The first-order chi connectivity index (χ1) is 14.6. The molecular weight excluding hydrogens is 374 g/mol. The SMILES string of the molecule is CCN(CC)C(=O)C[C@H]1CC2(CCN(C(=O)c3ccccn3)CC2)c2ccccc21. The second-order valence-corrected chi connectivity index (χ2v) is 8.55. The molecule has 1 aromatic heterocycles. The third kappa shape index (κ3) is 3.73. The van der Waals surface area contributed by atoms with Crippen LogP contribution in [-0.2, 0) is 10.2 Å². The number of likely N-dealkylation sites (tertiary alicyclic amines) is 1. The molecule has 0 bridgehead atoms. The third-order valence-electron chi connectivity index (χ3n) is 7.04. The number of fused-ring (bicyclic) bond motifs is 2. The summed E-state index contributed by atoms with van der Waals surface area (Å²) in [6, 6.07) is 14.1. The van der Waals surface area contributed by atoms with Gasteiger partial charge >= 0.3 is 0 Å². The highest BCUT2D eigenvalue weighted by molar-refractivity contribution is 5.92. The number of nitrogens with zero attached hydrogens (tertiary/aromatic N) is 3. The van der Waals surface area contributed by atoms with Crippen LogP contribution in [0.2, 0.25) is 0 Å². The van der Waals surface area contributed by atoms with Crippen LogP contribution in [0.4, 0.5) is 0 Å². The first kappa shape index (κ1) is 20.6. The van der Waals surface area contributed by atoms with Crippen molar-refractivity contribution in [1.82, 2.24) is 14.8 Å². The number of piperidine rings is 1. The molecule has 1 aromatic carbocycles. The number of aromatic nitrogens is 1. The highest BCUT2D eigenvalue weighted by Crippen LogP contribution is 2.52. The normalized spacial score (nSPS) is 19.5. The van der Waals surface area contributed by atoms with Gasteiger partial charge in [0, 0.05) is 38.8 Å². The van der Waals surface area contributed by atoms with E-state index in [2.05, 4.69) is 29.2 Å². The summed E-state index contributed by atoms with van der Waals surface area (Å²) in [5, 5.41) is 0. The molecule has 0 N–H and O–H groups in total. The molecule has 5 heteroatoms. The van der Waals surface area contributed by atoms with Crippen molar-refractivity contribution < 1.29 is 9.59 Å². The Bertz CT molecular complexity index is 900. The Morgan fingerprint density at radius 3 is 2.43 bits per heavy atom. The van der Waals surface area contributed by atoms with Crippen LogP contribution in [-0.4, -0.2) is 52.8 Å². The van der Waals surface area contributed by atoms with Crippen LogP contribution in [0.25, 0.3) is 0 Å². The number of rotatable bonds is 5. The monoisotopic (exact) mass is 405 g/mol. The molecule has 30 heavy (non-hydrogen) atoms. The Labute approximate surface area is 179 Å². The van der Waals surface area contributed by atoms with E-state index in [-0.39, 0.29) is 23.1 Å². The summed E-state index contributed by atoms with van der Waals surface area (Å²) in [6.07, 6.45) is 5.14. The van der Waals surface area contributed by atoms with Crippen LogP contribution in [0.15, 0.2) is 48.7 Å². The Balaban J connectivity index is 1.50. The number of hydrogen-bond acceptors (Lipinski definition) is 3. The molecule has 1 atom stereocenters. The fourth-order valence-corrected chi connectivity index (χ4v) is 5.39. The zero-order chi connectivity index (χ0) is 21.1. The maximum Gasteiger partial charge on any atom is 0.272 e. The van der Waals surface area contributed by atoms with Gasteiger partial charge < -0.3 is 9.80 Å². The van der Waals surface area contributed by atoms with E-state index in [4.69, 9.17) is 0 Å². The number of hydrogen-bond donors (Lipinski definition) is 0. The topological polar surface area (TPSA) is 53.5 Å². The van der Waals surface area contributed by atoms with Crippen molar-refractivity contribution in [3.63, 3.8) is 0 Å². The number of benzene rings is 1. The van der Waals surface area contributed by atoms with E-state index in [0.29, 0.717) is 12.1 Å². The summed E-state index contributed by atoms with van der Waals surface area (Å²) in [7, 11) is 0. The van der Waals surface area contributed by atoms with Gasteiger partial charge in [-0.1, -0.05) is 30.3 Å². The summed E-state index contributed by atoms with van der Waals surface area (Å²) in [5.74, 6) is 0.539. The fourth-order valence-electron chi connectivity index (χ4n) is 5.39. The van der Waals surface area contributed by atoms with Gasteiger partial charge in [-0.2, -0.15) is 0 Å². The maximum absolute atomic E-state index is 12.8. The van der Waals surface area contributed by atoms with Gasteiger partial charge in [0.25, 0.3) is 5.91 Å². The Morgan fingerprint density at radius 1 is 1.07 bits per heavy atom. The van der Waals surface area contributed by atoms with Gasteiger partial charge in [0.1, 0.15) is 5.69 Å². The molecular formula is C25H31N3O2. The number of amides is 2. The Morgan fingerprint density at radius 2 is 1.77 bits per heavy atom. The average molecular weight is 406 g/mol. The molecule has 0 unspecified atom stereocenters. The van der Waals surface area contributed by atoms with Crippen molar-refractivity contribution in [3.05, 3.63) is 65.5 Å². The summed E-state index contributed by atoms with van der Waals surface area (Å²) in [6.45, 7) is 7.08. The van der Waals surface area contributed by atoms with Crippen LogP contribution in [0.3, 0.4) is 0 Å². The predicted octanol–water partition coefficient (Wildman–Crippen LogP) is 4.00. The first-order valence-electron chi connectivity index (χ1n) is 11.2. The molecule has 2 aliphatic rings. The van der Waals surface area contributed by atoms with Gasteiger partial charge in [0.15, 0.2) is 0 Å². The van der Waals surface area contributed by atoms with E-state index >= 15 is 0 Å².